The van der Waals surface area contributed by atoms with E-state index in [1.165, 1.54) is 0 Å². The fraction of sp³-hybridized carbons (Fsp3) is 0.424. The SMILES string of the molecule is CCC(C)C(NC(=O)OC(C)(C)C)C(=O)N(C1CC1)C(C(=O)Nc1ccc2ccccc2c1)c1ccccc1C. The number of nitrogens with one attached hydrogen (secondary N) is 2. The lowest BCUT2D eigenvalue weighted by atomic mass is 9.94. The normalized spacial score (nSPS) is 15.6. The first-order chi connectivity index (χ1) is 19.0. The lowest BCUT2D eigenvalue weighted by Crippen LogP contribution is -2.55. The van der Waals surface area contributed by atoms with Crippen molar-refractivity contribution in [3.05, 3.63) is 77.9 Å². The van der Waals surface area contributed by atoms with Crippen molar-refractivity contribution in [1.29, 1.82) is 0 Å². The van der Waals surface area contributed by atoms with E-state index in [0.29, 0.717) is 12.1 Å². The van der Waals surface area contributed by atoms with E-state index in [9.17, 15) is 14.4 Å². The Morgan fingerprint density at radius 2 is 1.62 bits per heavy atom. The second-order valence-corrected chi connectivity index (χ2v) is 11.8. The molecule has 3 atom stereocenters. The van der Waals surface area contributed by atoms with Gasteiger partial charge in [0.2, 0.25) is 5.91 Å². The number of alkyl carbamates (subject to hydrolysis) is 1. The van der Waals surface area contributed by atoms with Crippen LogP contribution in [0.3, 0.4) is 0 Å². The Balaban J connectivity index is 1.71. The summed E-state index contributed by atoms with van der Waals surface area (Å²) < 4.78 is 5.49. The average molecular weight is 544 g/mol. The van der Waals surface area contributed by atoms with Crippen LogP contribution in [0.5, 0.6) is 0 Å². The van der Waals surface area contributed by atoms with Gasteiger partial charge in [-0.1, -0.05) is 74.9 Å². The Morgan fingerprint density at radius 1 is 0.975 bits per heavy atom. The second-order valence-electron chi connectivity index (χ2n) is 11.8. The molecule has 7 nitrogen and oxygen atoms in total. The Morgan fingerprint density at radius 3 is 2.25 bits per heavy atom. The number of hydrogen-bond acceptors (Lipinski definition) is 4. The summed E-state index contributed by atoms with van der Waals surface area (Å²) in [5.41, 5.74) is 1.64. The molecule has 3 aromatic carbocycles. The van der Waals surface area contributed by atoms with Crippen molar-refractivity contribution in [3.8, 4) is 0 Å². The van der Waals surface area contributed by atoms with Crippen molar-refractivity contribution in [3.63, 3.8) is 0 Å². The third-order valence-electron chi connectivity index (χ3n) is 7.37. The highest BCUT2D eigenvalue weighted by atomic mass is 16.6. The van der Waals surface area contributed by atoms with Crippen molar-refractivity contribution < 1.29 is 19.1 Å². The van der Waals surface area contributed by atoms with Crippen molar-refractivity contribution in [2.24, 2.45) is 5.92 Å². The lowest BCUT2D eigenvalue weighted by molar-refractivity contribution is -0.142. The van der Waals surface area contributed by atoms with Crippen LogP contribution >= 0.6 is 0 Å². The zero-order chi connectivity index (χ0) is 29.0. The molecule has 1 saturated carbocycles. The maximum absolute atomic E-state index is 14.4. The van der Waals surface area contributed by atoms with Crippen molar-refractivity contribution in [2.45, 2.75) is 84.5 Å². The van der Waals surface area contributed by atoms with Gasteiger partial charge in [-0.15, -0.1) is 0 Å². The minimum Gasteiger partial charge on any atom is -0.444 e. The van der Waals surface area contributed by atoms with Crippen molar-refractivity contribution >= 4 is 34.4 Å². The fourth-order valence-electron chi connectivity index (χ4n) is 4.94. The number of benzene rings is 3. The van der Waals surface area contributed by atoms with Gasteiger partial charge < -0.3 is 20.3 Å². The first-order valence-corrected chi connectivity index (χ1v) is 14.2. The molecule has 40 heavy (non-hydrogen) atoms. The number of aryl methyl sites for hydroxylation is 1. The third-order valence-corrected chi connectivity index (χ3v) is 7.37. The van der Waals surface area contributed by atoms with Crippen LogP contribution in [-0.2, 0) is 14.3 Å². The van der Waals surface area contributed by atoms with Crippen LogP contribution in [0.4, 0.5) is 10.5 Å². The average Bonchev–Trinajstić information content (AvgIpc) is 3.74. The summed E-state index contributed by atoms with van der Waals surface area (Å²) in [7, 11) is 0. The number of rotatable bonds is 9. The number of hydrogen-bond donors (Lipinski definition) is 2. The van der Waals surface area contributed by atoms with Gasteiger partial charge in [-0.25, -0.2) is 4.79 Å². The van der Waals surface area contributed by atoms with E-state index in [-0.39, 0.29) is 23.8 Å². The molecule has 0 heterocycles. The van der Waals surface area contributed by atoms with Gasteiger partial charge in [0, 0.05) is 11.7 Å². The smallest absolute Gasteiger partial charge is 0.408 e. The van der Waals surface area contributed by atoms with E-state index in [0.717, 1.165) is 34.7 Å². The molecule has 2 N–H and O–H groups in total. The van der Waals surface area contributed by atoms with Crippen LogP contribution in [0.2, 0.25) is 0 Å². The fourth-order valence-corrected chi connectivity index (χ4v) is 4.94. The summed E-state index contributed by atoms with van der Waals surface area (Å²) in [6, 6.07) is 19.6. The molecule has 0 radical (unpaired) electrons. The maximum atomic E-state index is 14.4. The molecule has 212 valence electrons. The molecule has 3 aromatic rings. The number of carbonyl (C=O) groups is 3. The van der Waals surface area contributed by atoms with Gasteiger partial charge >= 0.3 is 6.09 Å². The minimum atomic E-state index is -0.861. The molecule has 4 rings (SSSR count). The highest BCUT2D eigenvalue weighted by molar-refractivity contribution is 6.00. The second kappa shape index (κ2) is 12.1. The van der Waals surface area contributed by atoms with E-state index in [2.05, 4.69) is 10.6 Å². The zero-order valence-corrected chi connectivity index (χ0v) is 24.4. The van der Waals surface area contributed by atoms with Gasteiger partial charge in [0.15, 0.2) is 0 Å². The Bertz CT molecular complexity index is 1380. The van der Waals surface area contributed by atoms with Crippen molar-refractivity contribution in [2.75, 3.05) is 5.32 Å². The van der Waals surface area contributed by atoms with Crippen LogP contribution in [0.1, 0.15) is 71.0 Å². The largest absolute Gasteiger partial charge is 0.444 e. The number of anilines is 1. The summed E-state index contributed by atoms with van der Waals surface area (Å²) in [6.45, 7) is 11.2. The van der Waals surface area contributed by atoms with E-state index >= 15 is 0 Å². The summed E-state index contributed by atoms with van der Waals surface area (Å²) >= 11 is 0. The predicted octanol–water partition coefficient (Wildman–Crippen LogP) is 6.76. The van der Waals surface area contributed by atoms with E-state index < -0.39 is 23.8 Å². The maximum Gasteiger partial charge on any atom is 0.408 e. The summed E-state index contributed by atoms with van der Waals surface area (Å²) in [5, 5.41) is 8.01. The molecular formula is C33H41N3O4. The molecule has 3 amide bonds. The van der Waals surface area contributed by atoms with Gasteiger partial charge in [0.1, 0.15) is 17.7 Å². The van der Waals surface area contributed by atoms with E-state index in [1.54, 1.807) is 25.7 Å². The number of carbonyl (C=O) groups excluding carboxylic acids is 3. The molecular weight excluding hydrogens is 502 g/mol. The van der Waals surface area contributed by atoms with Crippen LogP contribution < -0.4 is 10.6 Å². The van der Waals surface area contributed by atoms with Gasteiger partial charge in [0.05, 0.1) is 0 Å². The predicted molar refractivity (Wildman–Crippen MR) is 159 cm³/mol. The number of fused-ring (bicyclic) bond motifs is 1. The van der Waals surface area contributed by atoms with Crippen LogP contribution in [0, 0.1) is 12.8 Å². The Hall–Kier alpha value is -3.87. The first kappa shape index (κ1) is 29.1. The number of nitrogens with zero attached hydrogens (tertiary/aromatic N) is 1. The first-order valence-electron chi connectivity index (χ1n) is 14.2. The quantitative estimate of drug-likeness (QED) is 0.312. The summed E-state index contributed by atoms with van der Waals surface area (Å²) in [6.07, 6.45) is 1.63. The molecule has 0 aliphatic heterocycles. The summed E-state index contributed by atoms with van der Waals surface area (Å²) in [5.74, 6) is -0.725. The van der Waals surface area contributed by atoms with Gasteiger partial charge in [-0.2, -0.15) is 0 Å². The topological polar surface area (TPSA) is 87.7 Å². The number of amides is 3. The lowest BCUT2D eigenvalue weighted by Gasteiger charge is -2.36. The molecule has 0 spiro atoms. The van der Waals surface area contributed by atoms with Crippen molar-refractivity contribution in [1.82, 2.24) is 10.2 Å². The zero-order valence-electron chi connectivity index (χ0n) is 24.4. The molecule has 1 fully saturated rings. The molecule has 1 aliphatic carbocycles. The van der Waals surface area contributed by atoms with Crippen LogP contribution in [-0.4, -0.2) is 40.5 Å². The van der Waals surface area contributed by atoms with E-state index in [4.69, 9.17) is 4.74 Å². The minimum absolute atomic E-state index is 0.0912. The molecule has 0 saturated heterocycles. The van der Waals surface area contributed by atoms with E-state index in [1.807, 2.05) is 87.5 Å². The molecule has 0 bridgehead atoms. The Kier molecular flexibility index (Phi) is 8.82. The van der Waals surface area contributed by atoms with Crippen LogP contribution in [0.15, 0.2) is 66.7 Å². The standard InChI is InChI=1S/C33H41N3O4/c1-7-21(2)28(35-32(39)40-33(4,5)6)31(38)36(26-18-19-26)29(27-15-11-8-12-22(27)3)30(37)34-25-17-16-23-13-9-10-14-24(23)20-25/h8-17,20-21,26,28-29H,7,18-19H2,1-6H3,(H,34,37)(H,35,39). The summed E-state index contributed by atoms with van der Waals surface area (Å²) in [4.78, 5) is 43.0. The molecule has 0 aromatic heterocycles. The molecule has 1 aliphatic rings. The molecule has 7 heteroatoms. The van der Waals surface area contributed by atoms with Gasteiger partial charge in [-0.05, 0) is 80.5 Å². The monoisotopic (exact) mass is 543 g/mol. The number of ether oxygens (including phenoxy) is 1. The van der Waals surface area contributed by atoms with Gasteiger partial charge in [0.25, 0.3) is 5.91 Å². The Labute approximate surface area is 237 Å². The highest BCUT2D eigenvalue weighted by Crippen LogP contribution is 2.38. The van der Waals surface area contributed by atoms with Crippen LogP contribution in [0.25, 0.3) is 10.8 Å². The third kappa shape index (κ3) is 7.00. The van der Waals surface area contributed by atoms with Gasteiger partial charge in [-0.3, -0.25) is 9.59 Å². The highest BCUT2D eigenvalue weighted by Gasteiger charge is 2.45. The molecule has 3 unspecified atom stereocenters.